The van der Waals surface area contributed by atoms with Crippen molar-refractivity contribution in [3.8, 4) is 0 Å². The van der Waals surface area contributed by atoms with E-state index in [1.54, 1.807) is 13.1 Å². The highest BCUT2D eigenvalue weighted by molar-refractivity contribution is 5.70. The fourth-order valence-electron chi connectivity index (χ4n) is 1.77. The zero-order valence-electron chi connectivity index (χ0n) is 10.6. The Hall–Kier alpha value is -1.42. The van der Waals surface area contributed by atoms with Crippen molar-refractivity contribution < 1.29 is 9.90 Å². The highest BCUT2D eigenvalue weighted by Gasteiger charge is 2.24. The minimum absolute atomic E-state index is 0.000457. The highest BCUT2D eigenvalue weighted by Crippen LogP contribution is 2.13. The molecule has 1 aromatic rings. The van der Waals surface area contributed by atoms with Gasteiger partial charge in [0.2, 0.25) is 0 Å². The molecule has 0 radical (unpaired) electrons. The molecule has 0 aliphatic rings. The van der Waals surface area contributed by atoms with Crippen LogP contribution in [-0.2, 0) is 11.3 Å². The Morgan fingerprint density at radius 2 is 2.18 bits per heavy atom. The van der Waals surface area contributed by atoms with Crippen molar-refractivity contribution in [3.63, 3.8) is 0 Å². The third kappa shape index (κ3) is 3.82. The van der Waals surface area contributed by atoms with Crippen LogP contribution >= 0.6 is 0 Å². The first-order chi connectivity index (χ1) is 8.06. The van der Waals surface area contributed by atoms with Crippen LogP contribution < -0.4 is 0 Å². The molecule has 1 aromatic heterocycles. The fraction of sp³-hybridized carbons (Fsp3) is 0.538. The number of carboxylic acids is 1. The Morgan fingerprint density at radius 1 is 1.47 bits per heavy atom. The molecule has 0 spiro atoms. The van der Waals surface area contributed by atoms with Gasteiger partial charge in [0.25, 0.3) is 0 Å². The van der Waals surface area contributed by atoms with Crippen molar-refractivity contribution in [2.24, 2.45) is 5.92 Å². The second-order valence-corrected chi connectivity index (χ2v) is 4.25. The number of aromatic nitrogens is 1. The van der Waals surface area contributed by atoms with E-state index in [0.29, 0.717) is 6.54 Å². The van der Waals surface area contributed by atoms with E-state index in [1.165, 1.54) is 0 Å². The van der Waals surface area contributed by atoms with E-state index in [2.05, 4.69) is 9.88 Å². The average molecular weight is 236 g/mol. The lowest BCUT2D eigenvalue weighted by Crippen LogP contribution is -2.40. The minimum Gasteiger partial charge on any atom is -0.481 e. The predicted octanol–water partition coefficient (Wildman–Crippen LogP) is 2.01. The number of hydrogen-bond donors (Lipinski definition) is 1. The van der Waals surface area contributed by atoms with Crippen molar-refractivity contribution in [3.05, 3.63) is 30.1 Å². The third-order valence-electron chi connectivity index (χ3n) is 3.19. The van der Waals surface area contributed by atoms with Crippen LogP contribution in [0, 0.1) is 5.92 Å². The van der Waals surface area contributed by atoms with E-state index < -0.39 is 5.97 Å². The fourth-order valence-corrected chi connectivity index (χ4v) is 1.77. The number of hydrogen-bond acceptors (Lipinski definition) is 3. The molecule has 0 bridgehead atoms. The van der Waals surface area contributed by atoms with Gasteiger partial charge < -0.3 is 5.11 Å². The summed E-state index contributed by atoms with van der Waals surface area (Å²) < 4.78 is 0. The van der Waals surface area contributed by atoms with Gasteiger partial charge in [-0.2, -0.15) is 0 Å². The zero-order valence-corrected chi connectivity index (χ0v) is 10.6. The molecule has 2 atom stereocenters. The molecule has 0 aromatic carbocycles. The number of nitrogens with zero attached hydrogens (tertiary/aromatic N) is 2. The summed E-state index contributed by atoms with van der Waals surface area (Å²) in [5, 5.41) is 9.02. The molecule has 94 valence electrons. The van der Waals surface area contributed by atoms with Crippen LogP contribution in [0.25, 0.3) is 0 Å². The molecule has 0 saturated heterocycles. The quantitative estimate of drug-likeness (QED) is 0.821. The molecule has 2 unspecified atom stereocenters. The largest absolute Gasteiger partial charge is 0.481 e. The van der Waals surface area contributed by atoms with Gasteiger partial charge in [-0.25, -0.2) is 0 Å². The summed E-state index contributed by atoms with van der Waals surface area (Å²) in [5.41, 5.74) is 0.971. The SMILES string of the molecule is CCN(Cc1ccccn1)C(C)C(C)C(=O)O. The van der Waals surface area contributed by atoms with Gasteiger partial charge >= 0.3 is 5.97 Å². The first-order valence-electron chi connectivity index (χ1n) is 5.93. The summed E-state index contributed by atoms with van der Waals surface area (Å²) in [6.45, 7) is 7.23. The average Bonchev–Trinajstić information content (AvgIpc) is 2.35. The van der Waals surface area contributed by atoms with E-state index in [9.17, 15) is 4.79 Å². The van der Waals surface area contributed by atoms with Crippen LogP contribution in [0.5, 0.6) is 0 Å². The molecular weight excluding hydrogens is 216 g/mol. The van der Waals surface area contributed by atoms with Crippen molar-refractivity contribution in [1.82, 2.24) is 9.88 Å². The summed E-state index contributed by atoms with van der Waals surface area (Å²) in [7, 11) is 0. The monoisotopic (exact) mass is 236 g/mol. The van der Waals surface area contributed by atoms with Crippen molar-refractivity contribution >= 4 is 5.97 Å². The summed E-state index contributed by atoms with van der Waals surface area (Å²) in [6, 6.07) is 5.78. The van der Waals surface area contributed by atoms with Crippen LogP contribution in [0.4, 0.5) is 0 Å². The van der Waals surface area contributed by atoms with E-state index in [-0.39, 0.29) is 12.0 Å². The van der Waals surface area contributed by atoms with Gasteiger partial charge in [0.1, 0.15) is 0 Å². The van der Waals surface area contributed by atoms with Crippen LogP contribution in [-0.4, -0.2) is 33.5 Å². The lowest BCUT2D eigenvalue weighted by molar-refractivity contribution is -0.143. The summed E-state index contributed by atoms with van der Waals surface area (Å²) in [5.74, 6) is -1.13. The molecule has 1 N–H and O–H groups in total. The second kappa shape index (κ2) is 6.35. The van der Waals surface area contributed by atoms with E-state index in [1.807, 2.05) is 32.0 Å². The van der Waals surface area contributed by atoms with Crippen molar-refractivity contribution in [2.75, 3.05) is 6.54 Å². The molecule has 17 heavy (non-hydrogen) atoms. The summed E-state index contributed by atoms with van der Waals surface area (Å²) in [4.78, 5) is 17.4. The van der Waals surface area contributed by atoms with Gasteiger partial charge in [-0.3, -0.25) is 14.7 Å². The Labute approximate surface area is 102 Å². The molecule has 0 aliphatic carbocycles. The maximum atomic E-state index is 11.0. The summed E-state index contributed by atoms with van der Waals surface area (Å²) in [6.07, 6.45) is 1.76. The molecule has 1 rings (SSSR count). The number of pyridine rings is 1. The first-order valence-corrected chi connectivity index (χ1v) is 5.93. The Balaban J connectivity index is 2.69. The van der Waals surface area contributed by atoms with Crippen LogP contribution in [0.2, 0.25) is 0 Å². The van der Waals surface area contributed by atoms with Crippen LogP contribution in [0.15, 0.2) is 24.4 Å². The highest BCUT2D eigenvalue weighted by atomic mass is 16.4. The Morgan fingerprint density at radius 3 is 2.65 bits per heavy atom. The van der Waals surface area contributed by atoms with Crippen LogP contribution in [0.3, 0.4) is 0 Å². The van der Waals surface area contributed by atoms with Crippen molar-refractivity contribution in [1.29, 1.82) is 0 Å². The molecule has 4 nitrogen and oxygen atoms in total. The van der Waals surface area contributed by atoms with Gasteiger partial charge in [-0.1, -0.05) is 19.9 Å². The summed E-state index contributed by atoms with van der Waals surface area (Å²) >= 11 is 0. The number of aliphatic carboxylic acids is 1. The Kier molecular flexibility index (Phi) is 5.10. The number of rotatable bonds is 6. The second-order valence-electron chi connectivity index (χ2n) is 4.25. The zero-order chi connectivity index (χ0) is 12.8. The lowest BCUT2D eigenvalue weighted by atomic mass is 10.0. The van der Waals surface area contributed by atoms with Gasteiger partial charge in [0.15, 0.2) is 0 Å². The number of carboxylic acid groups (broad SMARTS) is 1. The molecule has 4 heteroatoms. The molecular formula is C13H20N2O2. The number of carbonyl (C=O) groups is 1. The van der Waals surface area contributed by atoms with Gasteiger partial charge in [0.05, 0.1) is 11.6 Å². The molecule has 0 aliphatic heterocycles. The maximum absolute atomic E-state index is 11.0. The molecule has 1 heterocycles. The van der Waals surface area contributed by atoms with Gasteiger partial charge in [-0.15, -0.1) is 0 Å². The topological polar surface area (TPSA) is 53.4 Å². The normalized spacial score (nSPS) is 14.6. The standard InChI is InChI=1S/C13H20N2O2/c1-4-15(11(3)10(2)13(16)17)9-12-7-5-6-8-14-12/h5-8,10-11H,4,9H2,1-3H3,(H,16,17). The van der Waals surface area contributed by atoms with E-state index >= 15 is 0 Å². The van der Waals surface area contributed by atoms with E-state index in [4.69, 9.17) is 5.11 Å². The van der Waals surface area contributed by atoms with Crippen molar-refractivity contribution in [2.45, 2.75) is 33.4 Å². The smallest absolute Gasteiger partial charge is 0.307 e. The molecule has 0 amide bonds. The van der Waals surface area contributed by atoms with Gasteiger partial charge in [-0.05, 0) is 25.6 Å². The van der Waals surface area contributed by atoms with Crippen LogP contribution in [0.1, 0.15) is 26.5 Å². The van der Waals surface area contributed by atoms with Gasteiger partial charge in [0, 0.05) is 18.8 Å². The minimum atomic E-state index is -0.753. The maximum Gasteiger partial charge on any atom is 0.307 e. The first kappa shape index (κ1) is 13.6. The lowest BCUT2D eigenvalue weighted by Gasteiger charge is -2.30. The Bertz CT molecular complexity index is 354. The predicted molar refractivity (Wildman–Crippen MR) is 66.6 cm³/mol. The molecule has 0 saturated carbocycles. The molecule has 0 fully saturated rings. The van der Waals surface area contributed by atoms with E-state index in [0.717, 1.165) is 12.2 Å². The third-order valence-corrected chi connectivity index (χ3v) is 3.19.